The predicted molar refractivity (Wildman–Crippen MR) is 35.9 cm³/mol. The molecule has 0 unspecified atom stereocenters. The summed E-state index contributed by atoms with van der Waals surface area (Å²) < 4.78 is 0. The summed E-state index contributed by atoms with van der Waals surface area (Å²) in [5.74, 6) is 0. The third kappa shape index (κ3) is 0.632. The Morgan fingerprint density at radius 3 is 2.50 bits per heavy atom. The van der Waals surface area contributed by atoms with Crippen LogP contribution in [-0.4, -0.2) is 28.2 Å². The van der Waals surface area contributed by atoms with E-state index in [0.717, 1.165) is 32.2 Å². The minimum atomic E-state index is -0.727. The fraction of sp³-hybridized carbons (Fsp3) is 0.857. The number of carboxylic acid groups (broad SMARTS) is 1. The molecule has 0 aromatic heterocycles. The molecule has 0 bridgehead atoms. The molecule has 10 heavy (non-hydrogen) atoms. The average molecular weight is 141 g/mol. The van der Waals surface area contributed by atoms with Crippen molar-refractivity contribution >= 4 is 6.09 Å². The Bertz CT molecular complexity index is 174. The second kappa shape index (κ2) is 1.65. The summed E-state index contributed by atoms with van der Waals surface area (Å²) >= 11 is 0. The first kappa shape index (κ1) is 6.01. The summed E-state index contributed by atoms with van der Waals surface area (Å²) in [5, 5.41) is 8.71. The van der Waals surface area contributed by atoms with Crippen molar-refractivity contribution in [3.8, 4) is 0 Å². The Labute approximate surface area is 59.6 Å². The molecule has 2 fully saturated rings. The Morgan fingerprint density at radius 2 is 2.10 bits per heavy atom. The van der Waals surface area contributed by atoms with E-state index in [0.29, 0.717) is 0 Å². The maximum absolute atomic E-state index is 10.6. The molecule has 0 atom stereocenters. The molecule has 56 valence electrons. The van der Waals surface area contributed by atoms with Gasteiger partial charge < -0.3 is 10.0 Å². The zero-order chi connectivity index (χ0) is 7.19. The van der Waals surface area contributed by atoms with E-state index in [4.69, 9.17) is 5.11 Å². The highest BCUT2D eigenvalue weighted by molar-refractivity contribution is 5.67. The lowest BCUT2D eigenvalue weighted by Crippen LogP contribution is -2.35. The highest BCUT2D eigenvalue weighted by Gasteiger charge is 2.52. The van der Waals surface area contributed by atoms with Crippen LogP contribution in [0.4, 0.5) is 4.79 Å². The van der Waals surface area contributed by atoms with E-state index in [-0.39, 0.29) is 5.54 Å². The van der Waals surface area contributed by atoms with Gasteiger partial charge in [-0.1, -0.05) is 0 Å². The van der Waals surface area contributed by atoms with Crippen LogP contribution in [0.25, 0.3) is 0 Å². The van der Waals surface area contributed by atoms with Gasteiger partial charge in [0.15, 0.2) is 0 Å². The smallest absolute Gasteiger partial charge is 0.407 e. The molecule has 2 rings (SSSR count). The van der Waals surface area contributed by atoms with Crippen LogP contribution in [0.1, 0.15) is 25.7 Å². The Hall–Kier alpha value is -0.730. The van der Waals surface area contributed by atoms with Gasteiger partial charge in [-0.2, -0.15) is 0 Å². The fourth-order valence-electron chi connectivity index (χ4n) is 1.90. The summed E-state index contributed by atoms with van der Waals surface area (Å²) in [4.78, 5) is 12.2. The summed E-state index contributed by atoms with van der Waals surface area (Å²) in [6.45, 7) is 0.759. The molecular weight excluding hydrogens is 130 g/mol. The van der Waals surface area contributed by atoms with Crippen molar-refractivity contribution < 1.29 is 9.90 Å². The topological polar surface area (TPSA) is 40.5 Å². The zero-order valence-electron chi connectivity index (χ0n) is 5.84. The standard InChI is InChI=1S/C7H11NO2/c9-6(10)8-5-1-2-7(8)3-4-7/h1-5H2,(H,9,10). The van der Waals surface area contributed by atoms with Gasteiger partial charge in [0.25, 0.3) is 0 Å². The van der Waals surface area contributed by atoms with Crippen LogP contribution < -0.4 is 0 Å². The minimum Gasteiger partial charge on any atom is -0.465 e. The number of nitrogens with zero attached hydrogens (tertiary/aromatic N) is 1. The SMILES string of the molecule is O=C(O)N1CCCC12CC2. The lowest BCUT2D eigenvalue weighted by Gasteiger charge is -2.19. The molecule has 1 aliphatic heterocycles. The second-order valence-electron chi connectivity index (χ2n) is 3.26. The van der Waals surface area contributed by atoms with Crippen molar-refractivity contribution in [3.63, 3.8) is 0 Å². The third-order valence-corrected chi connectivity index (χ3v) is 2.65. The number of amides is 1. The van der Waals surface area contributed by atoms with E-state index in [9.17, 15) is 4.79 Å². The molecule has 1 saturated heterocycles. The van der Waals surface area contributed by atoms with E-state index in [1.165, 1.54) is 0 Å². The van der Waals surface area contributed by atoms with Crippen LogP contribution in [0.5, 0.6) is 0 Å². The Morgan fingerprint density at radius 1 is 1.40 bits per heavy atom. The third-order valence-electron chi connectivity index (χ3n) is 2.65. The van der Waals surface area contributed by atoms with Crippen molar-refractivity contribution in [1.29, 1.82) is 0 Å². The van der Waals surface area contributed by atoms with Gasteiger partial charge in [0.05, 0.1) is 0 Å². The maximum atomic E-state index is 10.6. The quantitative estimate of drug-likeness (QED) is 0.552. The molecule has 1 aliphatic carbocycles. The zero-order valence-corrected chi connectivity index (χ0v) is 5.84. The Kier molecular flexibility index (Phi) is 0.993. The van der Waals surface area contributed by atoms with E-state index >= 15 is 0 Å². The highest BCUT2D eigenvalue weighted by Crippen LogP contribution is 2.49. The fourth-order valence-corrected chi connectivity index (χ4v) is 1.90. The number of hydrogen-bond acceptors (Lipinski definition) is 1. The molecule has 3 nitrogen and oxygen atoms in total. The van der Waals surface area contributed by atoms with E-state index < -0.39 is 6.09 Å². The van der Waals surface area contributed by atoms with Crippen LogP contribution in [0.15, 0.2) is 0 Å². The average Bonchev–Trinajstić information content (AvgIpc) is 2.42. The van der Waals surface area contributed by atoms with E-state index in [1.807, 2.05) is 0 Å². The maximum Gasteiger partial charge on any atom is 0.407 e. The van der Waals surface area contributed by atoms with Gasteiger partial charge in [-0.3, -0.25) is 0 Å². The van der Waals surface area contributed by atoms with Crippen LogP contribution in [-0.2, 0) is 0 Å². The lowest BCUT2D eigenvalue weighted by molar-refractivity contribution is 0.135. The first-order valence-electron chi connectivity index (χ1n) is 3.75. The van der Waals surface area contributed by atoms with Crippen LogP contribution in [0, 0.1) is 0 Å². The monoisotopic (exact) mass is 141 g/mol. The van der Waals surface area contributed by atoms with Gasteiger partial charge in [-0.15, -0.1) is 0 Å². The van der Waals surface area contributed by atoms with Crippen molar-refractivity contribution in [1.82, 2.24) is 4.90 Å². The van der Waals surface area contributed by atoms with Crippen molar-refractivity contribution in [2.24, 2.45) is 0 Å². The van der Waals surface area contributed by atoms with E-state index in [1.54, 1.807) is 4.90 Å². The minimum absolute atomic E-state index is 0.117. The van der Waals surface area contributed by atoms with Crippen LogP contribution in [0.3, 0.4) is 0 Å². The molecule has 0 radical (unpaired) electrons. The van der Waals surface area contributed by atoms with Gasteiger partial charge in [0.2, 0.25) is 0 Å². The Balaban J connectivity index is 2.14. The predicted octanol–water partition coefficient (Wildman–Crippen LogP) is 1.29. The second-order valence-corrected chi connectivity index (χ2v) is 3.26. The lowest BCUT2D eigenvalue weighted by atomic mass is 10.2. The molecule has 1 spiro atoms. The number of rotatable bonds is 0. The van der Waals surface area contributed by atoms with Gasteiger partial charge >= 0.3 is 6.09 Å². The van der Waals surface area contributed by atoms with E-state index in [2.05, 4.69) is 0 Å². The molecule has 1 amide bonds. The highest BCUT2D eigenvalue weighted by atomic mass is 16.4. The molecule has 0 aromatic carbocycles. The van der Waals surface area contributed by atoms with Gasteiger partial charge in [-0.05, 0) is 25.7 Å². The van der Waals surface area contributed by atoms with Crippen LogP contribution in [0.2, 0.25) is 0 Å². The van der Waals surface area contributed by atoms with Gasteiger partial charge in [-0.25, -0.2) is 4.79 Å². The molecule has 3 heteroatoms. The van der Waals surface area contributed by atoms with Crippen molar-refractivity contribution in [3.05, 3.63) is 0 Å². The first-order valence-corrected chi connectivity index (χ1v) is 3.75. The number of carbonyl (C=O) groups is 1. The normalized spacial score (nSPS) is 27.4. The number of hydrogen-bond donors (Lipinski definition) is 1. The largest absolute Gasteiger partial charge is 0.465 e. The summed E-state index contributed by atoms with van der Waals surface area (Å²) in [7, 11) is 0. The summed E-state index contributed by atoms with van der Waals surface area (Å²) in [5.41, 5.74) is 0.117. The van der Waals surface area contributed by atoms with Crippen molar-refractivity contribution in [2.45, 2.75) is 31.2 Å². The molecule has 1 saturated carbocycles. The van der Waals surface area contributed by atoms with Gasteiger partial charge in [0, 0.05) is 12.1 Å². The molecule has 2 aliphatic rings. The first-order chi connectivity index (χ1) is 4.75. The van der Waals surface area contributed by atoms with Crippen molar-refractivity contribution in [2.75, 3.05) is 6.54 Å². The molecule has 0 aromatic rings. The molecule has 1 heterocycles. The number of likely N-dealkylation sites (tertiary alicyclic amines) is 1. The van der Waals surface area contributed by atoms with Gasteiger partial charge in [0.1, 0.15) is 0 Å². The molecule has 1 N–H and O–H groups in total. The van der Waals surface area contributed by atoms with Crippen LogP contribution >= 0.6 is 0 Å². The summed E-state index contributed by atoms with van der Waals surface area (Å²) in [6.07, 6.45) is 3.62. The summed E-state index contributed by atoms with van der Waals surface area (Å²) in [6, 6.07) is 0. The molecular formula is C7H11NO2.